The topological polar surface area (TPSA) is 52.5 Å². The molecule has 0 spiro atoms. The Hall–Kier alpha value is -0.720. The van der Waals surface area contributed by atoms with E-state index < -0.39 is 0 Å². The molecule has 0 amide bonds. The van der Waals surface area contributed by atoms with Gasteiger partial charge in [0.15, 0.2) is 0 Å². The fourth-order valence-electron chi connectivity index (χ4n) is 1.72. The fraction of sp³-hybridized carbons (Fsp3) is 0.778. The lowest BCUT2D eigenvalue weighted by Crippen LogP contribution is -2.47. The third kappa shape index (κ3) is 2.64. The van der Waals surface area contributed by atoms with Gasteiger partial charge in [-0.05, 0) is 6.92 Å². The number of piperazine rings is 1. The van der Waals surface area contributed by atoms with Gasteiger partial charge in [-0.2, -0.15) is 4.37 Å². The molecular weight excluding hydrogens is 212 g/mol. The van der Waals surface area contributed by atoms with Crippen LogP contribution < -0.4 is 4.90 Å². The van der Waals surface area contributed by atoms with Gasteiger partial charge in [-0.1, -0.05) is 0 Å². The molecule has 84 valence electrons. The minimum absolute atomic E-state index is 0.248. The van der Waals surface area contributed by atoms with Crippen LogP contribution in [-0.2, 0) is 0 Å². The highest BCUT2D eigenvalue weighted by Crippen LogP contribution is 2.18. The number of aryl methyl sites for hydroxylation is 1. The fourth-order valence-corrected chi connectivity index (χ4v) is 2.44. The van der Waals surface area contributed by atoms with E-state index >= 15 is 0 Å². The zero-order valence-corrected chi connectivity index (χ0v) is 9.70. The first-order chi connectivity index (χ1) is 7.29. The van der Waals surface area contributed by atoms with Gasteiger partial charge in [0.05, 0.1) is 6.61 Å². The Morgan fingerprint density at radius 1 is 1.33 bits per heavy atom. The molecule has 0 atom stereocenters. The number of β-amino-alcohol motifs (C(OH)–C–C–N with tert-alkyl or cyclic N) is 1. The lowest BCUT2D eigenvalue weighted by Gasteiger charge is -2.33. The number of hydrogen-bond acceptors (Lipinski definition) is 6. The molecule has 1 aromatic rings. The monoisotopic (exact) mass is 228 g/mol. The average molecular weight is 228 g/mol. The molecule has 0 saturated carbocycles. The van der Waals surface area contributed by atoms with Gasteiger partial charge < -0.3 is 10.0 Å². The molecule has 5 nitrogen and oxygen atoms in total. The number of aromatic nitrogens is 2. The normalized spacial score (nSPS) is 18.4. The highest BCUT2D eigenvalue weighted by Gasteiger charge is 2.18. The van der Waals surface area contributed by atoms with Crippen molar-refractivity contribution in [2.45, 2.75) is 6.92 Å². The van der Waals surface area contributed by atoms with Gasteiger partial charge in [0.25, 0.3) is 0 Å². The van der Waals surface area contributed by atoms with Gasteiger partial charge in [0.1, 0.15) is 5.82 Å². The van der Waals surface area contributed by atoms with Crippen molar-refractivity contribution in [3.05, 3.63) is 5.82 Å². The van der Waals surface area contributed by atoms with Crippen LogP contribution in [0.25, 0.3) is 0 Å². The summed E-state index contributed by atoms with van der Waals surface area (Å²) in [5.74, 6) is 0.854. The Kier molecular flexibility index (Phi) is 3.50. The van der Waals surface area contributed by atoms with Crippen LogP contribution in [0.4, 0.5) is 5.13 Å². The molecule has 1 fully saturated rings. The first kappa shape index (κ1) is 10.8. The lowest BCUT2D eigenvalue weighted by atomic mass is 10.3. The van der Waals surface area contributed by atoms with Crippen molar-refractivity contribution in [3.8, 4) is 0 Å². The molecule has 2 rings (SSSR count). The minimum Gasteiger partial charge on any atom is -0.395 e. The number of aliphatic hydroxyl groups is 1. The van der Waals surface area contributed by atoms with Crippen molar-refractivity contribution in [1.82, 2.24) is 14.3 Å². The minimum atomic E-state index is 0.248. The highest BCUT2D eigenvalue weighted by molar-refractivity contribution is 7.09. The Bertz CT molecular complexity index is 309. The van der Waals surface area contributed by atoms with Crippen molar-refractivity contribution in [3.63, 3.8) is 0 Å². The van der Waals surface area contributed by atoms with E-state index in [1.165, 1.54) is 11.5 Å². The SMILES string of the molecule is Cc1nsc(N2CCN(CCO)CC2)n1. The zero-order chi connectivity index (χ0) is 10.7. The predicted octanol–water partition coefficient (Wildman–Crippen LogP) is -0.0392. The maximum absolute atomic E-state index is 8.83. The molecule has 1 aliphatic rings. The molecule has 0 bridgehead atoms. The van der Waals surface area contributed by atoms with Gasteiger partial charge in [-0.3, -0.25) is 4.90 Å². The van der Waals surface area contributed by atoms with E-state index in [4.69, 9.17) is 5.11 Å². The third-order valence-electron chi connectivity index (χ3n) is 2.58. The van der Waals surface area contributed by atoms with Gasteiger partial charge in [-0.25, -0.2) is 4.98 Å². The van der Waals surface area contributed by atoms with E-state index in [1.807, 2.05) is 6.92 Å². The number of rotatable bonds is 3. The third-order valence-corrected chi connectivity index (χ3v) is 3.44. The first-order valence-electron chi connectivity index (χ1n) is 5.18. The molecule has 1 aromatic heterocycles. The number of anilines is 1. The molecule has 1 aliphatic heterocycles. The molecule has 0 aliphatic carbocycles. The van der Waals surface area contributed by atoms with Crippen LogP contribution in [0.2, 0.25) is 0 Å². The smallest absolute Gasteiger partial charge is 0.205 e. The summed E-state index contributed by atoms with van der Waals surface area (Å²) in [6.07, 6.45) is 0. The summed E-state index contributed by atoms with van der Waals surface area (Å²) in [7, 11) is 0. The summed E-state index contributed by atoms with van der Waals surface area (Å²) >= 11 is 1.47. The molecular formula is C9H16N4OS. The lowest BCUT2D eigenvalue weighted by molar-refractivity contribution is 0.189. The number of nitrogens with zero attached hydrogens (tertiary/aromatic N) is 4. The van der Waals surface area contributed by atoms with Gasteiger partial charge in [-0.15, -0.1) is 0 Å². The van der Waals surface area contributed by atoms with Crippen LogP contribution >= 0.6 is 11.5 Å². The Balaban J connectivity index is 1.88. The number of hydrogen-bond donors (Lipinski definition) is 1. The van der Waals surface area contributed by atoms with E-state index in [-0.39, 0.29) is 6.61 Å². The second-order valence-electron chi connectivity index (χ2n) is 3.68. The predicted molar refractivity (Wildman–Crippen MR) is 60.4 cm³/mol. The van der Waals surface area contributed by atoms with E-state index in [1.54, 1.807) is 0 Å². The van der Waals surface area contributed by atoms with E-state index in [2.05, 4.69) is 19.2 Å². The van der Waals surface area contributed by atoms with Crippen molar-refractivity contribution in [1.29, 1.82) is 0 Å². The van der Waals surface area contributed by atoms with Crippen LogP contribution in [0.3, 0.4) is 0 Å². The molecule has 6 heteroatoms. The highest BCUT2D eigenvalue weighted by atomic mass is 32.1. The van der Waals surface area contributed by atoms with Crippen LogP contribution in [0.1, 0.15) is 5.82 Å². The summed E-state index contributed by atoms with van der Waals surface area (Å²) in [6, 6.07) is 0. The van der Waals surface area contributed by atoms with Crippen LogP contribution in [-0.4, -0.2) is 58.7 Å². The van der Waals surface area contributed by atoms with Crippen LogP contribution in [0, 0.1) is 6.92 Å². The maximum atomic E-state index is 8.83. The van der Waals surface area contributed by atoms with Gasteiger partial charge in [0.2, 0.25) is 5.13 Å². The van der Waals surface area contributed by atoms with E-state index in [0.717, 1.165) is 43.7 Å². The standard InChI is InChI=1S/C9H16N4OS/c1-8-10-9(15-11-8)13-4-2-12(3-5-13)6-7-14/h14H,2-7H2,1H3. The van der Waals surface area contributed by atoms with Crippen LogP contribution in [0.15, 0.2) is 0 Å². The van der Waals surface area contributed by atoms with E-state index in [9.17, 15) is 0 Å². The summed E-state index contributed by atoms with van der Waals surface area (Å²) in [4.78, 5) is 8.90. The second-order valence-corrected chi connectivity index (χ2v) is 4.41. The molecule has 15 heavy (non-hydrogen) atoms. The zero-order valence-electron chi connectivity index (χ0n) is 8.89. The summed E-state index contributed by atoms with van der Waals surface area (Å²) in [5.41, 5.74) is 0. The molecule has 2 heterocycles. The van der Waals surface area contributed by atoms with Crippen LogP contribution in [0.5, 0.6) is 0 Å². The van der Waals surface area contributed by atoms with Crippen molar-refractivity contribution < 1.29 is 5.11 Å². The summed E-state index contributed by atoms with van der Waals surface area (Å²) < 4.78 is 4.18. The second kappa shape index (κ2) is 4.87. The Morgan fingerprint density at radius 3 is 2.60 bits per heavy atom. The largest absolute Gasteiger partial charge is 0.395 e. The van der Waals surface area contributed by atoms with Gasteiger partial charge in [0, 0.05) is 44.3 Å². The van der Waals surface area contributed by atoms with Crippen molar-refractivity contribution in [2.75, 3.05) is 44.2 Å². The first-order valence-corrected chi connectivity index (χ1v) is 5.95. The Morgan fingerprint density at radius 2 is 2.07 bits per heavy atom. The molecule has 0 aromatic carbocycles. The Labute approximate surface area is 93.5 Å². The molecule has 1 N–H and O–H groups in total. The summed E-state index contributed by atoms with van der Waals surface area (Å²) in [6.45, 7) is 6.91. The molecule has 0 radical (unpaired) electrons. The van der Waals surface area contributed by atoms with Gasteiger partial charge >= 0.3 is 0 Å². The molecule has 0 unspecified atom stereocenters. The average Bonchev–Trinajstić information content (AvgIpc) is 2.67. The quantitative estimate of drug-likeness (QED) is 0.787. The molecule has 1 saturated heterocycles. The van der Waals surface area contributed by atoms with E-state index in [0.29, 0.717) is 0 Å². The van der Waals surface area contributed by atoms with Crippen molar-refractivity contribution in [2.24, 2.45) is 0 Å². The van der Waals surface area contributed by atoms with Crippen molar-refractivity contribution >= 4 is 16.7 Å². The maximum Gasteiger partial charge on any atom is 0.205 e. The summed E-state index contributed by atoms with van der Waals surface area (Å²) in [5, 5.41) is 9.85. The number of aliphatic hydroxyl groups excluding tert-OH is 1.